The molecule has 6 aliphatic heterocycles. The molecule has 1 spiro atoms. The van der Waals surface area contributed by atoms with Crippen LogP contribution in [0.4, 0.5) is 0 Å². The van der Waals surface area contributed by atoms with Gasteiger partial charge in [-0.25, -0.2) is 0 Å². The summed E-state index contributed by atoms with van der Waals surface area (Å²) in [4.78, 5) is 143. The van der Waals surface area contributed by atoms with Crippen molar-refractivity contribution >= 4 is 71.6 Å². The molecule has 332 valence electrons. The molecule has 0 amide bonds. The van der Waals surface area contributed by atoms with Crippen molar-refractivity contribution in [1.29, 1.82) is 0 Å². The molecule has 6 heterocycles. The fourth-order valence-corrected chi connectivity index (χ4v) is 20.5. The van der Waals surface area contributed by atoms with Crippen LogP contribution in [0.5, 0.6) is 0 Å². The lowest BCUT2D eigenvalue weighted by atomic mass is 9.48. The van der Waals surface area contributed by atoms with Gasteiger partial charge in [-0.05, 0) is 133 Å². The van der Waals surface area contributed by atoms with Gasteiger partial charge >= 0.3 is 71.6 Å². The van der Waals surface area contributed by atoms with E-state index in [0.717, 1.165) is 32.1 Å². The topological polar surface area (TPSA) is 260 Å². The van der Waals surface area contributed by atoms with Crippen LogP contribution in [-0.4, -0.2) is 71.6 Å². The van der Waals surface area contributed by atoms with Gasteiger partial charge in [0.2, 0.25) is 0 Å². The van der Waals surface area contributed by atoms with Gasteiger partial charge in [0.25, 0.3) is 0 Å². The lowest BCUT2D eigenvalue weighted by molar-refractivity contribution is -0.164. The fourth-order valence-electron chi connectivity index (χ4n) is 20.5. The van der Waals surface area contributed by atoms with Crippen molar-refractivity contribution in [3.63, 3.8) is 0 Å². The molecule has 8 bridgehead atoms. The van der Waals surface area contributed by atoms with E-state index in [4.69, 9.17) is 28.4 Å². The zero-order valence-electron chi connectivity index (χ0n) is 33.8. The summed E-state index contributed by atoms with van der Waals surface area (Å²) in [6, 6.07) is 0. The molecule has 0 radical (unpaired) electrons. The van der Waals surface area contributed by atoms with Crippen LogP contribution in [0.3, 0.4) is 0 Å². The first-order chi connectivity index (χ1) is 30.7. The molecule has 0 aromatic heterocycles. The summed E-state index contributed by atoms with van der Waals surface area (Å²) in [6.07, 6.45) is 5.31. The number of rotatable bonds is 0. The molecule has 27 atom stereocenters. The van der Waals surface area contributed by atoms with E-state index in [1.165, 1.54) is 0 Å². The zero-order chi connectivity index (χ0) is 43.6. The summed E-state index contributed by atoms with van der Waals surface area (Å²) in [5.41, 5.74) is -0.722. The molecule has 0 aromatic rings. The Hall–Kier alpha value is -5.16. The Labute approximate surface area is 361 Å². The SMILES string of the molecule is O=C1CC2(CC3CC2C2C4C(=O)OC(=O)C4C32)C(=O)O1.O=C1OC(=O)C2C3CC(C12)C1C2C(=O)OC(=O)C2C31.O=C1OC(=O)C2C3CC(C4CC5C6CC(C7C(=O)OC(=O)C67)C5C43)C12. The highest BCUT2D eigenvalue weighted by Gasteiger charge is 2.81. The highest BCUT2D eigenvalue weighted by Crippen LogP contribution is 2.77. The Morgan fingerprint density at radius 1 is 0.312 bits per heavy atom. The van der Waals surface area contributed by atoms with Crippen LogP contribution < -0.4 is 0 Å². The largest absolute Gasteiger partial charge is 0.393 e. The molecule has 0 N–H and O–H groups in total. The van der Waals surface area contributed by atoms with Crippen LogP contribution in [0.15, 0.2) is 0 Å². The Morgan fingerprint density at radius 2 is 0.641 bits per heavy atom. The molecule has 11 aliphatic carbocycles. The van der Waals surface area contributed by atoms with E-state index in [-0.39, 0.29) is 160 Å². The van der Waals surface area contributed by atoms with Gasteiger partial charge in [0.1, 0.15) is 0 Å². The maximum atomic E-state index is 12.2. The van der Waals surface area contributed by atoms with Gasteiger partial charge in [0, 0.05) is 0 Å². The Balaban J connectivity index is 0.0000000903. The number of carbonyl (C=O) groups is 12. The normalized spacial score (nSPS) is 58.1. The Bertz CT molecular complexity index is 2390. The number of ether oxygens (including phenoxy) is 6. The first-order valence-corrected chi connectivity index (χ1v) is 23.2. The highest BCUT2D eigenvalue weighted by atomic mass is 16.6. The molecule has 17 rings (SSSR count). The van der Waals surface area contributed by atoms with Crippen molar-refractivity contribution in [1.82, 2.24) is 0 Å². The van der Waals surface area contributed by atoms with E-state index < -0.39 is 53.2 Å². The van der Waals surface area contributed by atoms with Crippen molar-refractivity contribution < 1.29 is 86.0 Å². The first-order valence-electron chi connectivity index (χ1n) is 23.2. The predicted octanol–water partition coefficient (Wildman–Crippen LogP) is 0.348. The predicted molar refractivity (Wildman–Crippen MR) is 192 cm³/mol. The smallest absolute Gasteiger partial charge is 0.320 e. The minimum absolute atomic E-state index is 0.00356. The number of hydrogen-bond donors (Lipinski definition) is 0. The van der Waals surface area contributed by atoms with Gasteiger partial charge < -0.3 is 28.4 Å². The van der Waals surface area contributed by atoms with Gasteiger partial charge in [-0.2, -0.15) is 0 Å². The third kappa shape index (κ3) is 3.91. The Kier molecular flexibility index (Phi) is 6.63. The summed E-state index contributed by atoms with van der Waals surface area (Å²) >= 11 is 0. The second kappa shape index (κ2) is 11.4. The van der Waals surface area contributed by atoms with Crippen LogP contribution in [-0.2, 0) is 86.0 Å². The standard InChI is InChI=1S/C19H18O6.C14H12O6.C13H10O6/c20-16-12-6-2-8(14(12)18(22)24-16)10-4(6)1-5-7-3-9(11(5)10)15-13(7)17(21)25-19(15)23;15-6-3-14(13(18)19-6)2-4-1-5(14)8-7(4)9-10(8)12(17)20-11(9)16;14-10-6-2-1-3(7(6)11(15)18-10)5-4(2)8-9(5)13(17)19-12(8)16/h4-15H,1-3H2;4-5,7-10H,1-3H2;2-9H,1H2. The van der Waals surface area contributed by atoms with E-state index in [2.05, 4.69) is 0 Å². The van der Waals surface area contributed by atoms with Crippen LogP contribution in [0.1, 0.15) is 44.9 Å². The number of hydrogen-bond acceptors (Lipinski definition) is 18. The minimum atomic E-state index is -0.722. The lowest BCUT2D eigenvalue weighted by Gasteiger charge is -2.51. The number of cyclic esters (lactones) is 12. The van der Waals surface area contributed by atoms with Crippen LogP contribution in [0.2, 0.25) is 0 Å². The van der Waals surface area contributed by atoms with E-state index in [1.54, 1.807) is 0 Å². The average Bonchev–Trinajstić information content (AvgIpc) is 4.02. The summed E-state index contributed by atoms with van der Waals surface area (Å²) in [5, 5.41) is 0. The van der Waals surface area contributed by atoms with Gasteiger partial charge in [-0.15, -0.1) is 0 Å². The van der Waals surface area contributed by atoms with E-state index in [0.29, 0.717) is 30.1 Å². The lowest BCUT2D eigenvalue weighted by Crippen LogP contribution is -2.56. The van der Waals surface area contributed by atoms with Gasteiger partial charge in [0.05, 0.1) is 71.0 Å². The molecule has 18 heteroatoms. The van der Waals surface area contributed by atoms with Crippen molar-refractivity contribution in [2.75, 3.05) is 0 Å². The molecule has 11 saturated carbocycles. The quantitative estimate of drug-likeness (QED) is 0.138. The third-order valence-corrected chi connectivity index (χ3v) is 21.6. The van der Waals surface area contributed by atoms with Crippen LogP contribution in [0.25, 0.3) is 0 Å². The zero-order valence-corrected chi connectivity index (χ0v) is 33.8. The summed E-state index contributed by atoms with van der Waals surface area (Å²) in [7, 11) is 0. The highest BCUT2D eigenvalue weighted by molar-refractivity contribution is 6.03. The number of carbonyl (C=O) groups excluding carboxylic acids is 12. The fraction of sp³-hybridized carbons (Fsp3) is 0.739. The molecule has 64 heavy (non-hydrogen) atoms. The van der Waals surface area contributed by atoms with Gasteiger partial charge in [-0.3, -0.25) is 57.5 Å². The monoisotopic (exact) mass is 880 g/mol. The molecule has 0 aromatic carbocycles. The first kappa shape index (κ1) is 37.1. The van der Waals surface area contributed by atoms with Crippen LogP contribution in [0, 0.1) is 159 Å². The summed E-state index contributed by atoms with van der Waals surface area (Å²) in [6.45, 7) is 0. The van der Waals surface area contributed by atoms with E-state index >= 15 is 0 Å². The molecule has 18 nitrogen and oxygen atoms in total. The molecule has 17 aliphatic rings. The van der Waals surface area contributed by atoms with E-state index in [1.807, 2.05) is 0 Å². The maximum Gasteiger partial charge on any atom is 0.320 e. The summed E-state index contributed by atoms with van der Waals surface area (Å²) in [5.74, 6) is -4.58. The second-order valence-corrected chi connectivity index (χ2v) is 22.6. The average molecular weight is 881 g/mol. The molecular weight excluding hydrogens is 840 g/mol. The van der Waals surface area contributed by atoms with E-state index in [9.17, 15) is 57.5 Å². The molecular formula is C46H40O18. The van der Waals surface area contributed by atoms with Gasteiger partial charge in [0.15, 0.2) is 0 Å². The third-order valence-electron chi connectivity index (χ3n) is 21.6. The maximum absolute atomic E-state index is 12.2. The number of esters is 12. The number of fused-ring (bicyclic) bond motifs is 37. The second-order valence-electron chi connectivity index (χ2n) is 22.6. The van der Waals surface area contributed by atoms with Crippen molar-refractivity contribution in [2.24, 2.45) is 159 Å². The van der Waals surface area contributed by atoms with Crippen molar-refractivity contribution in [3.05, 3.63) is 0 Å². The van der Waals surface area contributed by atoms with Crippen LogP contribution >= 0.6 is 0 Å². The van der Waals surface area contributed by atoms with Gasteiger partial charge in [-0.1, -0.05) is 0 Å². The summed E-state index contributed by atoms with van der Waals surface area (Å²) < 4.78 is 28.8. The van der Waals surface area contributed by atoms with Crippen molar-refractivity contribution in [2.45, 2.75) is 44.9 Å². The molecule has 6 saturated heterocycles. The molecule has 17 fully saturated rings. The minimum Gasteiger partial charge on any atom is -0.393 e. The van der Waals surface area contributed by atoms with Crippen molar-refractivity contribution in [3.8, 4) is 0 Å². The Morgan fingerprint density at radius 3 is 1.05 bits per heavy atom. The molecule has 27 unspecified atom stereocenters.